The number of anilines is 1. The lowest BCUT2D eigenvalue weighted by molar-refractivity contribution is -0.384. The molecular weight excluding hydrogens is 470 g/mol. The number of nitrogens with zero attached hydrogens (tertiary/aromatic N) is 4. The van der Waals surface area contributed by atoms with Crippen molar-refractivity contribution in [1.29, 1.82) is 0 Å². The maximum Gasteiger partial charge on any atom is 0.271 e. The van der Waals surface area contributed by atoms with Gasteiger partial charge in [0.25, 0.3) is 11.6 Å². The third-order valence-electron chi connectivity index (χ3n) is 6.78. The number of carbonyl (C=O) groups is 1. The molecule has 3 aromatic rings. The summed E-state index contributed by atoms with van der Waals surface area (Å²) in [5.41, 5.74) is 8.34. The van der Waals surface area contributed by atoms with Gasteiger partial charge in [0.15, 0.2) is 0 Å². The molecule has 3 aromatic carbocycles. The van der Waals surface area contributed by atoms with Gasteiger partial charge in [0.1, 0.15) is 0 Å². The summed E-state index contributed by atoms with van der Waals surface area (Å²) in [4.78, 5) is 28.0. The zero-order valence-corrected chi connectivity index (χ0v) is 20.5. The van der Waals surface area contributed by atoms with Gasteiger partial charge >= 0.3 is 0 Å². The number of amides is 1. The van der Waals surface area contributed by atoms with Gasteiger partial charge < -0.3 is 9.64 Å². The van der Waals surface area contributed by atoms with Gasteiger partial charge in [0.2, 0.25) is 0 Å². The number of hydrogen-bond acceptors (Lipinski definition) is 7. The summed E-state index contributed by atoms with van der Waals surface area (Å²) in [5, 5.41) is 15.4. The van der Waals surface area contributed by atoms with Crippen LogP contribution in [0.15, 0.2) is 71.8 Å². The van der Waals surface area contributed by atoms with Gasteiger partial charge in [-0.1, -0.05) is 36.4 Å². The number of benzene rings is 3. The van der Waals surface area contributed by atoms with E-state index >= 15 is 0 Å². The fourth-order valence-electron chi connectivity index (χ4n) is 4.78. The maximum absolute atomic E-state index is 12.7. The Morgan fingerprint density at radius 3 is 2.54 bits per heavy atom. The summed E-state index contributed by atoms with van der Waals surface area (Å²) in [6.45, 7) is 5.31. The third kappa shape index (κ3) is 6.02. The molecule has 1 N–H and O–H groups in total. The van der Waals surface area contributed by atoms with Crippen molar-refractivity contribution >= 4 is 23.5 Å². The summed E-state index contributed by atoms with van der Waals surface area (Å²) in [6.07, 6.45) is 2.50. The molecule has 9 nitrogen and oxygen atoms in total. The van der Waals surface area contributed by atoms with Crippen LogP contribution in [0.25, 0.3) is 0 Å². The number of rotatable bonds is 7. The first kappa shape index (κ1) is 24.6. The van der Waals surface area contributed by atoms with Crippen LogP contribution in [-0.4, -0.2) is 54.8 Å². The molecule has 0 saturated carbocycles. The second-order valence-corrected chi connectivity index (χ2v) is 9.23. The number of non-ortho nitro benzene ring substituents is 1. The van der Waals surface area contributed by atoms with Crippen molar-refractivity contribution in [2.45, 2.75) is 19.5 Å². The molecule has 0 aromatic heterocycles. The molecule has 190 valence electrons. The summed E-state index contributed by atoms with van der Waals surface area (Å²) >= 11 is 0. The van der Waals surface area contributed by atoms with Gasteiger partial charge in [-0.15, -0.1) is 0 Å². The second-order valence-electron chi connectivity index (χ2n) is 9.23. The van der Waals surface area contributed by atoms with Gasteiger partial charge in [-0.3, -0.25) is 19.8 Å². The number of ether oxygens (including phenoxy) is 1. The highest BCUT2D eigenvalue weighted by Gasteiger charge is 2.18. The number of morpholine rings is 1. The molecule has 2 heterocycles. The van der Waals surface area contributed by atoms with Crippen LogP contribution in [0, 0.1) is 10.1 Å². The smallest absolute Gasteiger partial charge is 0.271 e. The normalized spacial score (nSPS) is 15.9. The molecular formula is C28H29N5O4. The molecule has 2 aliphatic heterocycles. The Hall–Kier alpha value is -4.08. The molecule has 9 heteroatoms. The minimum absolute atomic E-state index is 0.0300. The molecule has 37 heavy (non-hydrogen) atoms. The molecule has 1 fully saturated rings. The van der Waals surface area contributed by atoms with Crippen molar-refractivity contribution in [3.8, 4) is 0 Å². The Bertz CT molecular complexity index is 1300. The molecule has 0 aliphatic carbocycles. The van der Waals surface area contributed by atoms with Crippen molar-refractivity contribution in [3.63, 3.8) is 0 Å². The Labute approximate surface area is 215 Å². The molecule has 1 amide bonds. The highest BCUT2D eigenvalue weighted by Crippen LogP contribution is 2.25. The van der Waals surface area contributed by atoms with Gasteiger partial charge in [-0.25, -0.2) is 5.43 Å². The first-order chi connectivity index (χ1) is 18.1. The van der Waals surface area contributed by atoms with Crippen LogP contribution >= 0.6 is 0 Å². The second kappa shape index (κ2) is 11.3. The van der Waals surface area contributed by atoms with Crippen LogP contribution in [0.4, 0.5) is 11.4 Å². The summed E-state index contributed by atoms with van der Waals surface area (Å²) in [6, 6.07) is 20.8. The average Bonchev–Trinajstić information content (AvgIpc) is 2.93. The molecule has 0 radical (unpaired) electrons. The molecule has 0 spiro atoms. The Morgan fingerprint density at radius 2 is 1.78 bits per heavy atom. The Kier molecular flexibility index (Phi) is 7.53. The van der Waals surface area contributed by atoms with Gasteiger partial charge in [-0.05, 0) is 41.3 Å². The van der Waals surface area contributed by atoms with Gasteiger partial charge in [-0.2, -0.15) is 5.10 Å². The Balaban J connectivity index is 1.21. The lowest BCUT2D eigenvalue weighted by atomic mass is 9.99. The highest BCUT2D eigenvalue weighted by molar-refractivity contribution is 5.95. The minimum Gasteiger partial charge on any atom is -0.378 e. The van der Waals surface area contributed by atoms with Crippen LogP contribution < -0.4 is 10.3 Å². The van der Waals surface area contributed by atoms with E-state index in [1.165, 1.54) is 29.5 Å². The van der Waals surface area contributed by atoms with Crippen molar-refractivity contribution < 1.29 is 14.5 Å². The quantitative estimate of drug-likeness (QED) is 0.302. The molecule has 5 rings (SSSR count). The van der Waals surface area contributed by atoms with Crippen LogP contribution in [0.2, 0.25) is 0 Å². The van der Waals surface area contributed by atoms with E-state index in [1.54, 1.807) is 18.2 Å². The van der Waals surface area contributed by atoms with E-state index in [9.17, 15) is 14.9 Å². The molecule has 2 aliphatic rings. The average molecular weight is 500 g/mol. The van der Waals surface area contributed by atoms with Crippen molar-refractivity contribution in [2.75, 3.05) is 37.7 Å². The SMILES string of the molecule is O=C(NN=Cc1cc([N+](=O)[O-])ccc1N1CCOCC1)c1ccc(CN2CCc3ccccc3C2)cc1. The zero-order chi connectivity index (χ0) is 25.6. The van der Waals surface area contributed by atoms with E-state index in [1.807, 2.05) is 12.1 Å². The lowest BCUT2D eigenvalue weighted by Gasteiger charge is -2.29. The van der Waals surface area contributed by atoms with Crippen LogP contribution in [0.1, 0.15) is 32.6 Å². The number of carbonyl (C=O) groups excluding carboxylic acids is 1. The fraction of sp³-hybridized carbons (Fsp3) is 0.286. The predicted octanol–water partition coefficient (Wildman–Crippen LogP) is 3.75. The van der Waals surface area contributed by atoms with Gasteiger partial charge in [0, 0.05) is 61.7 Å². The number of nitrogens with one attached hydrogen (secondary N) is 1. The van der Waals surface area contributed by atoms with Crippen LogP contribution in [0.5, 0.6) is 0 Å². The third-order valence-corrected chi connectivity index (χ3v) is 6.78. The van der Waals surface area contributed by atoms with E-state index in [-0.39, 0.29) is 11.6 Å². The van der Waals surface area contributed by atoms with Crippen LogP contribution in [-0.2, 0) is 24.2 Å². The van der Waals surface area contributed by atoms with E-state index in [2.05, 4.69) is 44.6 Å². The lowest BCUT2D eigenvalue weighted by Crippen LogP contribution is -2.36. The molecule has 0 atom stereocenters. The topological polar surface area (TPSA) is 100 Å². The van der Waals surface area contributed by atoms with Gasteiger partial charge in [0.05, 0.1) is 24.4 Å². The number of nitro groups is 1. The summed E-state index contributed by atoms with van der Waals surface area (Å²) < 4.78 is 5.41. The fourth-order valence-corrected chi connectivity index (χ4v) is 4.78. The standard InChI is InChI=1S/C28H29N5O4/c34-28(23-7-5-21(6-8-23)19-31-12-11-22-3-1-2-4-24(22)20-31)30-29-18-25-17-26(33(35)36)9-10-27(25)32-13-15-37-16-14-32/h1-10,17-18H,11-16,19-20H2,(H,30,34). The first-order valence-electron chi connectivity index (χ1n) is 12.4. The van der Waals surface area contributed by atoms with E-state index in [4.69, 9.17) is 4.74 Å². The summed E-state index contributed by atoms with van der Waals surface area (Å²) in [7, 11) is 0. The summed E-state index contributed by atoms with van der Waals surface area (Å²) in [5.74, 6) is -0.340. The number of hydrogen-bond donors (Lipinski definition) is 1. The first-order valence-corrected chi connectivity index (χ1v) is 12.4. The highest BCUT2D eigenvalue weighted by atomic mass is 16.6. The maximum atomic E-state index is 12.7. The molecule has 0 bridgehead atoms. The van der Waals surface area contributed by atoms with Crippen LogP contribution in [0.3, 0.4) is 0 Å². The minimum atomic E-state index is -0.441. The number of fused-ring (bicyclic) bond motifs is 1. The predicted molar refractivity (Wildman–Crippen MR) is 142 cm³/mol. The van der Waals surface area contributed by atoms with E-state index in [0.717, 1.165) is 37.3 Å². The van der Waals surface area contributed by atoms with E-state index < -0.39 is 4.92 Å². The van der Waals surface area contributed by atoms with Crippen molar-refractivity contribution in [2.24, 2.45) is 5.10 Å². The van der Waals surface area contributed by atoms with Crippen molar-refractivity contribution in [3.05, 3.63) is 105 Å². The zero-order valence-electron chi connectivity index (χ0n) is 20.5. The number of hydrazone groups is 1. The monoisotopic (exact) mass is 499 g/mol. The Morgan fingerprint density at radius 1 is 1.03 bits per heavy atom. The van der Waals surface area contributed by atoms with E-state index in [0.29, 0.717) is 37.4 Å². The number of nitro benzene ring substituents is 1. The molecule has 0 unspecified atom stereocenters. The van der Waals surface area contributed by atoms with Crippen molar-refractivity contribution in [1.82, 2.24) is 10.3 Å². The molecule has 1 saturated heterocycles. The largest absolute Gasteiger partial charge is 0.378 e.